The number of rotatable bonds is 3. The van der Waals surface area contributed by atoms with Crippen LogP contribution in [0.4, 0.5) is 0 Å². The Balaban J connectivity index is 1.75. The van der Waals surface area contributed by atoms with Gasteiger partial charge in [0, 0.05) is 5.92 Å². The lowest BCUT2D eigenvalue weighted by atomic mass is 9.79. The van der Waals surface area contributed by atoms with Crippen molar-refractivity contribution in [1.82, 2.24) is 0 Å². The highest BCUT2D eigenvalue weighted by Gasteiger charge is 2.58. The second-order valence-corrected chi connectivity index (χ2v) is 7.47. The second kappa shape index (κ2) is 6.73. The predicted octanol–water partition coefficient (Wildman–Crippen LogP) is -2.25. The Morgan fingerprint density at radius 2 is 1.92 bits per heavy atom. The summed E-state index contributed by atoms with van der Waals surface area (Å²) in [4.78, 5) is 11.8. The summed E-state index contributed by atoms with van der Waals surface area (Å²) in [7, 11) is 0. The van der Waals surface area contributed by atoms with Crippen LogP contribution in [0, 0.1) is 17.8 Å². The van der Waals surface area contributed by atoms with Gasteiger partial charge in [-0.25, -0.2) is 0 Å². The summed E-state index contributed by atoms with van der Waals surface area (Å²) < 4.78 is 16.2. The monoisotopic (exact) mass is 362 g/mol. The fourth-order valence-electron chi connectivity index (χ4n) is 4.18. The van der Waals surface area contributed by atoms with Gasteiger partial charge in [-0.3, -0.25) is 4.79 Å². The average molecular weight is 362 g/mol. The Morgan fingerprint density at radius 3 is 2.56 bits per heavy atom. The van der Waals surface area contributed by atoms with E-state index in [1.165, 1.54) is 0 Å². The van der Waals surface area contributed by atoms with Crippen molar-refractivity contribution in [2.45, 2.75) is 62.7 Å². The third kappa shape index (κ3) is 3.08. The number of aliphatic hydroxyl groups excluding tert-OH is 4. The second-order valence-electron chi connectivity index (χ2n) is 7.47. The van der Waals surface area contributed by atoms with E-state index in [1.807, 2.05) is 0 Å². The lowest BCUT2D eigenvalue weighted by molar-refractivity contribution is -0.321. The fourth-order valence-corrected chi connectivity index (χ4v) is 4.18. The van der Waals surface area contributed by atoms with E-state index in [-0.39, 0.29) is 30.3 Å². The maximum absolute atomic E-state index is 11.8. The highest BCUT2D eigenvalue weighted by molar-refractivity contribution is 5.73. The van der Waals surface area contributed by atoms with E-state index >= 15 is 0 Å². The minimum atomic E-state index is -1.55. The predicted molar refractivity (Wildman–Crippen MR) is 81.0 cm³/mol. The summed E-state index contributed by atoms with van der Waals surface area (Å²) in [6.07, 6.45) is -7.36. The van der Waals surface area contributed by atoms with Gasteiger partial charge in [-0.05, 0) is 19.3 Å². The van der Waals surface area contributed by atoms with E-state index < -0.39 is 49.0 Å². The number of aliphatic hydroxyl groups is 5. The van der Waals surface area contributed by atoms with Crippen LogP contribution in [0.1, 0.15) is 20.3 Å². The number of cyclic esters (lactones) is 1. The zero-order valence-corrected chi connectivity index (χ0v) is 14.2. The van der Waals surface area contributed by atoms with E-state index in [0.717, 1.165) is 0 Å². The van der Waals surface area contributed by atoms with Crippen LogP contribution >= 0.6 is 0 Å². The normalized spacial score (nSPS) is 53.4. The molecular weight excluding hydrogens is 336 g/mol. The molecule has 5 N–H and O–H groups in total. The topological polar surface area (TPSA) is 146 Å². The lowest BCUT2D eigenvalue weighted by Crippen LogP contribution is -2.60. The van der Waals surface area contributed by atoms with E-state index in [4.69, 9.17) is 14.2 Å². The molecule has 3 fully saturated rings. The molecule has 144 valence electrons. The average Bonchev–Trinajstić information content (AvgIpc) is 2.82. The van der Waals surface area contributed by atoms with Gasteiger partial charge < -0.3 is 39.7 Å². The summed E-state index contributed by atoms with van der Waals surface area (Å²) in [5.74, 6) is -1.14. The van der Waals surface area contributed by atoms with Crippen LogP contribution in [0.25, 0.3) is 0 Å². The summed E-state index contributed by atoms with van der Waals surface area (Å²) in [6, 6.07) is 0. The van der Waals surface area contributed by atoms with Crippen LogP contribution in [0.5, 0.6) is 0 Å². The Labute approximate surface area is 145 Å². The highest BCUT2D eigenvalue weighted by atomic mass is 16.7. The Kier molecular flexibility index (Phi) is 5.11. The van der Waals surface area contributed by atoms with Crippen molar-refractivity contribution in [2.24, 2.45) is 17.8 Å². The van der Waals surface area contributed by atoms with Gasteiger partial charge in [0.1, 0.15) is 24.4 Å². The number of hydrogen-bond donors (Lipinski definition) is 5. The molecule has 2 heterocycles. The van der Waals surface area contributed by atoms with Gasteiger partial charge in [-0.1, -0.05) is 6.92 Å². The third-order valence-corrected chi connectivity index (χ3v) is 5.97. The van der Waals surface area contributed by atoms with Gasteiger partial charge in [0.15, 0.2) is 6.29 Å². The number of hydrogen-bond acceptors (Lipinski definition) is 9. The number of fused-ring (bicyclic) bond motifs is 1. The maximum atomic E-state index is 11.8. The molecule has 9 nitrogen and oxygen atoms in total. The summed E-state index contributed by atoms with van der Waals surface area (Å²) in [5.41, 5.74) is -1.32. The molecule has 0 radical (unpaired) electrons. The maximum Gasteiger partial charge on any atom is 0.308 e. The molecule has 3 rings (SSSR count). The first-order valence-corrected chi connectivity index (χ1v) is 8.53. The van der Waals surface area contributed by atoms with Crippen LogP contribution in [0.15, 0.2) is 0 Å². The number of carbonyl (C=O) groups excluding carboxylic acids is 1. The molecule has 0 amide bonds. The number of carbonyl (C=O) groups is 1. The van der Waals surface area contributed by atoms with E-state index in [0.29, 0.717) is 6.42 Å². The molecular formula is C16H26O9. The van der Waals surface area contributed by atoms with E-state index in [2.05, 4.69) is 0 Å². The molecule has 0 aromatic carbocycles. The van der Waals surface area contributed by atoms with Gasteiger partial charge in [-0.15, -0.1) is 0 Å². The van der Waals surface area contributed by atoms with Gasteiger partial charge in [-0.2, -0.15) is 0 Å². The fraction of sp³-hybridized carbons (Fsp3) is 0.938. The van der Waals surface area contributed by atoms with Crippen LogP contribution in [0.2, 0.25) is 0 Å². The van der Waals surface area contributed by atoms with Crippen molar-refractivity contribution in [3.8, 4) is 0 Å². The molecule has 10 unspecified atom stereocenters. The van der Waals surface area contributed by atoms with Crippen molar-refractivity contribution in [1.29, 1.82) is 0 Å². The van der Waals surface area contributed by atoms with Gasteiger partial charge in [0.25, 0.3) is 0 Å². The minimum Gasteiger partial charge on any atom is -0.465 e. The summed E-state index contributed by atoms with van der Waals surface area (Å²) >= 11 is 0. The molecule has 1 aliphatic carbocycles. The lowest BCUT2D eigenvalue weighted by Gasteiger charge is -2.42. The van der Waals surface area contributed by atoms with Crippen LogP contribution < -0.4 is 0 Å². The number of esters is 1. The first-order valence-electron chi connectivity index (χ1n) is 8.53. The van der Waals surface area contributed by atoms with Crippen molar-refractivity contribution in [3.63, 3.8) is 0 Å². The molecule has 2 saturated heterocycles. The van der Waals surface area contributed by atoms with Gasteiger partial charge in [0.05, 0.1) is 30.8 Å². The molecule has 2 aliphatic heterocycles. The zero-order valence-electron chi connectivity index (χ0n) is 14.2. The van der Waals surface area contributed by atoms with Crippen molar-refractivity contribution in [3.05, 3.63) is 0 Å². The molecule has 1 saturated carbocycles. The van der Waals surface area contributed by atoms with E-state index in [1.54, 1.807) is 13.8 Å². The van der Waals surface area contributed by atoms with Crippen molar-refractivity contribution in [2.75, 3.05) is 13.2 Å². The summed E-state index contributed by atoms with van der Waals surface area (Å²) in [5, 5.41) is 49.9. The molecule has 25 heavy (non-hydrogen) atoms. The Bertz CT molecular complexity index is 508. The number of ether oxygens (including phenoxy) is 3. The molecule has 0 aromatic rings. The molecule has 0 spiro atoms. The van der Waals surface area contributed by atoms with Crippen molar-refractivity contribution < 1.29 is 44.5 Å². The van der Waals surface area contributed by atoms with Crippen molar-refractivity contribution >= 4 is 5.97 Å². The van der Waals surface area contributed by atoms with Gasteiger partial charge in [0.2, 0.25) is 0 Å². The third-order valence-electron chi connectivity index (χ3n) is 5.97. The molecule has 3 aliphatic rings. The van der Waals surface area contributed by atoms with Crippen LogP contribution in [-0.4, -0.2) is 87.1 Å². The van der Waals surface area contributed by atoms with E-state index in [9.17, 15) is 30.3 Å². The Hall–Kier alpha value is -0.810. The zero-order chi connectivity index (χ0) is 18.5. The first kappa shape index (κ1) is 19.0. The highest BCUT2D eigenvalue weighted by Crippen LogP contribution is 2.48. The molecule has 10 atom stereocenters. The van der Waals surface area contributed by atoms with Crippen LogP contribution in [-0.2, 0) is 19.0 Å². The molecule has 0 bridgehead atoms. The Morgan fingerprint density at radius 1 is 1.24 bits per heavy atom. The quantitative estimate of drug-likeness (QED) is 0.351. The smallest absolute Gasteiger partial charge is 0.308 e. The molecule has 9 heteroatoms. The largest absolute Gasteiger partial charge is 0.465 e. The van der Waals surface area contributed by atoms with Crippen LogP contribution in [0.3, 0.4) is 0 Å². The van der Waals surface area contributed by atoms with Gasteiger partial charge >= 0.3 is 5.97 Å². The summed E-state index contributed by atoms with van der Waals surface area (Å²) in [6.45, 7) is 2.86. The first-order chi connectivity index (χ1) is 11.7. The minimum absolute atomic E-state index is 0.0926. The standard InChI is InChI=1S/C16H26O9/c1-6-7-3-10(16(2,22)8(7)5-23-14(6)21)25-15-13(20)12(19)11(18)9(4-17)24-15/h6-13,15,17-20,22H,3-5H2,1-2H3. The molecule has 0 aromatic heterocycles. The SMILES string of the molecule is CC1C(=O)OCC2C1CC(OC1OC(CO)C(O)C(O)C1O)C2(C)O.